The monoisotopic (exact) mass is 381 g/mol. The summed E-state index contributed by atoms with van der Waals surface area (Å²) in [4.78, 5) is 21.3. The molecule has 0 radical (unpaired) electrons. The second-order valence-corrected chi connectivity index (χ2v) is 7.26. The van der Waals surface area contributed by atoms with Gasteiger partial charge in [-0.25, -0.2) is 14.4 Å². The number of oxazole rings is 1. The number of carbonyl (C=O) groups excluding carboxylic acids is 1. The van der Waals surface area contributed by atoms with Gasteiger partial charge >= 0.3 is 0 Å². The zero-order valence-electron chi connectivity index (χ0n) is 14.7. The molecule has 0 bridgehead atoms. The standard InChI is InChI=1S/C20H16FN3O2S/c1-11(17-10-27-12(2)23-17)22-19(25)13-6-7-18-16(9-13)24-20(26-18)14-4-3-5-15(21)8-14/h3-11H,1-2H3,(H,22,25)/t11-/m0/s1. The Kier molecular flexibility index (Phi) is 4.45. The lowest BCUT2D eigenvalue weighted by Gasteiger charge is -2.11. The summed E-state index contributed by atoms with van der Waals surface area (Å²) in [6, 6.07) is 10.9. The highest BCUT2D eigenvalue weighted by atomic mass is 32.1. The van der Waals surface area contributed by atoms with E-state index in [1.54, 1.807) is 41.7 Å². The van der Waals surface area contributed by atoms with Crippen LogP contribution in [0.3, 0.4) is 0 Å². The van der Waals surface area contributed by atoms with Gasteiger partial charge in [-0.3, -0.25) is 4.79 Å². The van der Waals surface area contributed by atoms with Crippen LogP contribution in [0.4, 0.5) is 4.39 Å². The number of hydrogen-bond donors (Lipinski definition) is 1. The number of aryl methyl sites for hydroxylation is 1. The summed E-state index contributed by atoms with van der Waals surface area (Å²) in [6.45, 7) is 3.82. The van der Waals surface area contributed by atoms with Crippen molar-refractivity contribution in [3.8, 4) is 11.5 Å². The molecule has 4 rings (SSSR count). The SMILES string of the molecule is Cc1nc([C@H](C)NC(=O)c2ccc3oc(-c4cccc(F)c4)nc3c2)cs1. The lowest BCUT2D eigenvalue weighted by atomic mass is 10.1. The zero-order valence-corrected chi connectivity index (χ0v) is 15.5. The average Bonchev–Trinajstić information content (AvgIpc) is 3.27. The van der Waals surface area contributed by atoms with Crippen molar-refractivity contribution in [1.82, 2.24) is 15.3 Å². The summed E-state index contributed by atoms with van der Waals surface area (Å²) in [6.07, 6.45) is 0. The number of thiazole rings is 1. The van der Waals surface area contributed by atoms with Crippen LogP contribution in [0, 0.1) is 12.7 Å². The van der Waals surface area contributed by atoms with Crippen LogP contribution in [0.1, 0.15) is 34.0 Å². The molecule has 0 unspecified atom stereocenters. The van der Waals surface area contributed by atoms with Crippen molar-refractivity contribution < 1.29 is 13.6 Å². The number of aromatic nitrogens is 2. The highest BCUT2D eigenvalue weighted by Crippen LogP contribution is 2.25. The van der Waals surface area contributed by atoms with Gasteiger partial charge in [-0.05, 0) is 50.2 Å². The lowest BCUT2D eigenvalue weighted by Crippen LogP contribution is -2.26. The summed E-state index contributed by atoms with van der Waals surface area (Å²) in [5.74, 6) is -0.264. The molecule has 2 heterocycles. The van der Waals surface area contributed by atoms with Crippen LogP contribution in [-0.2, 0) is 0 Å². The Morgan fingerprint density at radius 2 is 2.07 bits per heavy atom. The van der Waals surface area contributed by atoms with Crippen LogP contribution in [0.25, 0.3) is 22.6 Å². The maximum absolute atomic E-state index is 13.4. The van der Waals surface area contributed by atoms with E-state index in [0.717, 1.165) is 10.7 Å². The Hall–Kier alpha value is -3.06. The third kappa shape index (κ3) is 3.59. The number of nitrogens with one attached hydrogen (secondary N) is 1. The molecule has 2 aromatic heterocycles. The molecule has 0 saturated heterocycles. The van der Waals surface area contributed by atoms with Crippen molar-refractivity contribution in [2.75, 3.05) is 0 Å². The maximum Gasteiger partial charge on any atom is 0.251 e. The number of halogens is 1. The summed E-state index contributed by atoms with van der Waals surface area (Å²) in [5, 5.41) is 5.83. The van der Waals surface area contributed by atoms with E-state index in [0.29, 0.717) is 28.1 Å². The van der Waals surface area contributed by atoms with Gasteiger partial charge in [-0.1, -0.05) is 6.07 Å². The highest BCUT2D eigenvalue weighted by molar-refractivity contribution is 7.09. The van der Waals surface area contributed by atoms with E-state index in [2.05, 4.69) is 15.3 Å². The first kappa shape index (κ1) is 17.4. The molecule has 0 saturated carbocycles. The molecule has 0 aliphatic heterocycles. The van der Waals surface area contributed by atoms with E-state index in [1.807, 2.05) is 19.2 Å². The number of nitrogens with zero attached hydrogens (tertiary/aromatic N) is 2. The molecule has 1 amide bonds. The molecular formula is C20H16FN3O2S. The Morgan fingerprint density at radius 3 is 2.81 bits per heavy atom. The first-order valence-corrected chi connectivity index (χ1v) is 9.27. The molecule has 0 fully saturated rings. The molecule has 4 aromatic rings. The second kappa shape index (κ2) is 6.92. The van der Waals surface area contributed by atoms with Crippen LogP contribution in [-0.4, -0.2) is 15.9 Å². The predicted octanol–water partition coefficient (Wildman–Crippen LogP) is 4.89. The van der Waals surface area contributed by atoms with Gasteiger partial charge in [-0.2, -0.15) is 0 Å². The Morgan fingerprint density at radius 1 is 1.22 bits per heavy atom. The molecular weight excluding hydrogens is 365 g/mol. The predicted molar refractivity (Wildman–Crippen MR) is 102 cm³/mol. The normalized spacial score (nSPS) is 12.3. The van der Waals surface area contributed by atoms with Crippen LogP contribution < -0.4 is 5.32 Å². The van der Waals surface area contributed by atoms with Crippen molar-refractivity contribution in [1.29, 1.82) is 0 Å². The first-order chi connectivity index (χ1) is 13.0. The fourth-order valence-corrected chi connectivity index (χ4v) is 3.45. The van der Waals surface area contributed by atoms with Crippen molar-refractivity contribution in [3.63, 3.8) is 0 Å². The van der Waals surface area contributed by atoms with Gasteiger partial charge in [0, 0.05) is 16.5 Å². The summed E-state index contributed by atoms with van der Waals surface area (Å²) >= 11 is 1.55. The van der Waals surface area contributed by atoms with Gasteiger partial charge in [0.1, 0.15) is 11.3 Å². The van der Waals surface area contributed by atoms with Crippen molar-refractivity contribution in [2.24, 2.45) is 0 Å². The smallest absolute Gasteiger partial charge is 0.251 e. The van der Waals surface area contributed by atoms with Crippen LogP contribution in [0.2, 0.25) is 0 Å². The third-order valence-corrected chi connectivity index (χ3v) is 4.94. The van der Waals surface area contributed by atoms with E-state index in [1.165, 1.54) is 12.1 Å². The fourth-order valence-electron chi connectivity index (χ4n) is 2.75. The van der Waals surface area contributed by atoms with Crippen molar-refractivity contribution in [3.05, 3.63) is 69.9 Å². The van der Waals surface area contributed by atoms with E-state index < -0.39 is 0 Å². The molecule has 27 heavy (non-hydrogen) atoms. The number of rotatable bonds is 4. The van der Waals surface area contributed by atoms with E-state index in [-0.39, 0.29) is 17.8 Å². The van der Waals surface area contributed by atoms with Gasteiger partial charge in [-0.15, -0.1) is 11.3 Å². The number of hydrogen-bond acceptors (Lipinski definition) is 5. The van der Waals surface area contributed by atoms with Crippen molar-refractivity contribution >= 4 is 28.3 Å². The minimum absolute atomic E-state index is 0.196. The highest BCUT2D eigenvalue weighted by Gasteiger charge is 2.16. The Balaban J connectivity index is 1.58. The van der Waals surface area contributed by atoms with Gasteiger partial charge in [0.2, 0.25) is 5.89 Å². The molecule has 0 aliphatic rings. The van der Waals surface area contributed by atoms with Gasteiger partial charge in [0.05, 0.1) is 16.7 Å². The maximum atomic E-state index is 13.4. The van der Waals surface area contributed by atoms with Gasteiger partial charge in [0.25, 0.3) is 5.91 Å². The Labute approximate surface area is 158 Å². The molecule has 2 aromatic carbocycles. The second-order valence-electron chi connectivity index (χ2n) is 6.20. The van der Waals surface area contributed by atoms with Crippen LogP contribution in [0.15, 0.2) is 52.3 Å². The minimum Gasteiger partial charge on any atom is -0.436 e. The molecule has 1 N–H and O–H groups in total. The lowest BCUT2D eigenvalue weighted by molar-refractivity contribution is 0.0939. The zero-order chi connectivity index (χ0) is 19.0. The molecule has 0 spiro atoms. The van der Waals surface area contributed by atoms with Crippen molar-refractivity contribution in [2.45, 2.75) is 19.9 Å². The average molecular weight is 381 g/mol. The van der Waals surface area contributed by atoms with E-state index in [9.17, 15) is 9.18 Å². The first-order valence-electron chi connectivity index (χ1n) is 8.39. The third-order valence-electron chi connectivity index (χ3n) is 4.15. The number of fused-ring (bicyclic) bond motifs is 1. The van der Waals surface area contributed by atoms with E-state index >= 15 is 0 Å². The molecule has 7 heteroatoms. The quantitative estimate of drug-likeness (QED) is 0.546. The van der Waals surface area contributed by atoms with E-state index in [4.69, 9.17) is 4.42 Å². The van der Waals surface area contributed by atoms with Gasteiger partial charge in [0.15, 0.2) is 5.58 Å². The van der Waals surface area contributed by atoms with Crippen LogP contribution >= 0.6 is 11.3 Å². The molecule has 136 valence electrons. The largest absolute Gasteiger partial charge is 0.436 e. The summed E-state index contributed by atoms with van der Waals surface area (Å²) in [7, 11) is 0. The number of carbonyl (C=O) groups is 1. The van der Waals surface area contributed by atoms with Gasteiger partial charge < -0.3 is 9.73 Å². The minimum atomic E-state index is -0.360. The van der Waals surface area contributed by atoms with Crippen LogP contribution in [0.5, 0.6) is 0 Å². The fraction of sp³-hybridized carbons (Fsp3) is 0.150. The molecule has 1 atom stereocenters. The summed E-state index contributed by atoms with van der Waals surface area (Å²) in [5.41, 5.74) is 2.93. The summed E-state index contributed by atoms with van der Waals surface area (Å²) < 4.78 is 19.1. The number of amides is 1. The topological polar surface area (TPSA) is 68.0 Å². The number of benzene rings is 2. The molecule has 5 nitrogen and oxygen atoms in total. The Bertz CT molecular complexity index is 1140. The molecule has 0 aliphatic carbocycles.